The van der Waals surface area contributed by atoms with Crippen LogP contribution in [0.5, 0.6) is 0 Å². The Bertz CT molecular complexity index is 151. The van der Waals surface area contributed by atoms with Gasteiger partial charge in [0.15, 0.2) is 0 Å². The van der Waals surface area contributed by atoms with Gasteiger partial charge < -0.3 is 20.4 Å². The van der Waals surface area contributed by atoms with Gasteiger partial charge in [-0.25, -0.2) is 0 Å². The van der Waals surface area contributed by atoms with Gasteiger partial charge in [0.05, 0.1) is 11.2 Å². The molecule has 0 unspecified atom stereocenters. The van der Waals surface area contributed by atoms with E-state index in [1.807, 2.05) is 0 Å². The Labute approximate surface area is 85.3 Å². The van der Waals surface area contributed by atoms with Crippen molar-refractivity contribution in [1.29, 1.82) is 0 Å². The Morgan fingerprint density at radius 3 is 2.15 bits per heavy atom. The summed E-state index contributed by atoms with van der Waals surface area (Å²) in [5, 5.41) is 36.6. The molecule has 78 valence electrons. The lowest BCUT2D eigenvalue weighted by molar-refractivity contribution is -0.0705. The van der Waals surface area contributed by atoms with Crippen LogP contribution in [0.2, 0.25) is 0 Å². The Kier molecular flexibility index (Phi) is 4.85. The first-order chi connectivity index (χ1) is 6.16. The van der Waals surface area contributed by atoms with Crippen LogP contribution in [0.25, 0.3) is 0 Å². The van der Waals surface area contributed by atoms with Crippen LogP contribution in [0.4, 0.5) is 0 Å². The van der Waals surface area contributed by atoms with Crippen LogP contribution in [0.3, 0.4) is 0 Å². The molecule has 1 aliphatic heterocycles. The highest BCUT2D eigenvalue weighted by molar-refractivity contribution is 8.20. The molecule has 0 aromatic rings. The molecule has 0 spiro atoms. The number of hydrogen-bond acceptors (Lipinski definition) is 6. The summed E-state index contributed by atoms with van der Waals surface area (Å²) >= 11 is 3.13. The lowest BCUT2D eigenvalue weighted by Crippen LogP contribution is -2.43. The zero-order valence-corrected chi connectivity index (χ0v) is 8.67. The quantitative estimate of drug-likeness (QED) is 0.485. The predicted molar refractivity (Wildman–Crippen MR) is 53.8 cm³/mol. The highest BCUT2D eigenvalue weighted by atomic mass is 32.2. The van der Waals surface area contributed by atoms with Crippen LogP contribution in [0.15, 0.2) is 0 Å². The van der Waals surface area contributed by atoms with Crippen LogP contribution < -0.4 is 0 Å². The fraction of sp³-hybridized carbons (Fsp3) is 1.00. The van der Waals surface area contributed by atoms with E-state index in [4.69, 9.17) is 10.2 Å². The number of thioether (sulfide) groups is 2. The lowest BCUT2D eigenvalue weighted by atomic mass is 10.1. The maximum atomic E-state index is 9.56. The van der Waals surface area contributed by atoms with E-state index in [1.165, 1.54) is 0 Å². The first-order valence-corrected chi connectivity index (χ1v) is 6.15. The average Bonchev–Trinajstić information content (AvgIpc) is 2.67. The molecule has 0 aliphatic carbocycles. The van der Waals surface area contributed by atoms with Crippen molar-refractivity contribution < 1.29 is 20.4 Å². The van der Waals surface area contributed by atoms with E-state index >= 15 is 0 Å². The van der Waals surface area contributed by atoms with Crippen LogP contribution in [-0.2, 0) is 0 Å². The third-order valence-electron chi connectivity index (χ3n) is 1.86. The molecule has 0 aromatic heterocycles. The molecule has 1 saturated heterocycles. The van der Waals surface area contributed by atoms with Gasteiger partial charge in [0, 0.05) is 11.5 Å². The van der Waals surface area contributed by atoms with E-state index in [9.17, 15) is 10.2 Å². The zero-order valence-electron chi connectivity index (χ0n) is 7.04. The fourth-order valence-corrected chi connectivity index (χ4v) is 3.98. The van der Waals surface area contributed by atoms with Crippen LogP contribution in [-0.4, -0.2) is 61.4 Å². The fourth-order valence-electron chi connectivity index (χ4n) is 1.07. The molecule has 0 bridgehead atoms. The second-order valence-electron chi connectivity index (χ2n) is 2.84. The van der Waals surface area contributed by atoms with E-state index in [0.29, 0.717) is 0 Å². The highest BCUT2D eigenvalue weighted by Gasteiger charge is 2.33. The summed E-state index contributed by atoms with van der Waals surface area (Å²) in [7, 11) is 0. The molecule has 1 fully saturated rings. The molecule has 4 nitrogen and oxygen atoms in total. The van der Waals surface area contributed by atoms with Gasteiger partial charge in [-0.1, -0.05) is 0 Å². The maximum absolute atomic E-state index is 9.56. The van der Waals surface area contributed by atoms with Crippen molar-refractivity contribution in [3.05, 3.63) is 0 Å². The second kappa shape index (κ2) is 5.43. The molecule has 1 aliphatic rings. The number of aliphatic hydroxyl groups is 4. The third kappa shape index (κ3) is 3.00. The average molecular weight is 226 g/mol. The molecule has 6 heteroatoms. The van der Waals surface area contributed by atoms with E-state index in [2.05, 4.69) is 0 Å². The largest absolute Gasteiger partial charge is 0.394 e. The Hall–Kier alpha value is 0.540. The molecule has 1 heterocycles. The highest BCUT2D eigenvalue weighted by Crippen LogP contribution is 2.35. The van der Waals surface area contributed by atoms with E-state index in [0.717, 1.165) is 11.5 Å². The SMILES string of the molecule is OC[C@@H](O)[C@@H](O)[C@H](O)C1SCCS1. The summed E-state index contributed by atoms with van der Waals surface area (Å²) in [5.41, 5.74) is 0. The van der Waals surface area contributed by atoms with Crippen LogP contribution in [0.1, 0.15) is 0 Å². The third-order valence-corrected chi connectivity index (χ3v) is 5.03. The Morgan fingerprint density at radius 2 is 1.69 bits per heavy atom. The summed E-state index contributed by atoms with van der Waals surface area (Å²) < 4.78 is -0.0869. The summed E-state index contributed by atoms with van der Waals surface area (Å²) in [5.74, 6) is 1.91. The van der Waals surface area contributed by atoms with Crippen molar-refractivity contribution in [2.75, 3.05) is 18.1 Å². The van der Waals surface area contributed by atoms with Crippen molar-refractivity contribution in [3.63, 3.8) is 0 Å². The minimum Gasteiger partial charge on any atom is -0.394 e. The lowest BCUT2D eigenvalue weighted by Gasteiger charge is -2.24. The molecule has 3 atom stereocenters. The topological polar surface area (TPSA) is 80.9 Å². The summed E-state index contributed by atoms with van der Waals surface area (Å²) in [6.45, 7) is -0.527. The van der Waals surface area contributed by atoms with Gasteiger partial charge in [0.1, 0.15) is 18.3 Å². The van der Waals surface area contributed by atoms with E-state index in [1.54, 1.807) is 23.5 Å². The molecular weight excluding hydrogens is 212 g/mol. The molecule has 13 heavy (non-hydrogen) atoms. The molecular formula is C7H14O4S2. The van der Waals surface area contributed by atoms with Crippen LogP contribution in [0, 0.1) is 0 Å². The smallest absolute Gasteiger partial charge is 0.110 e. The second-order valence-corrected chi connectivity index (χ2v) is 5.64. The number of hydrogen-bond donors (Lipinski definition) is 4. The monoisotopic (exact) mass is 226 g/mol. The minimum atomic E-state index is -1.26. The minimum absolute atomic E-state index is 0.0869. The van der Waals surface area contributed by atoms with Gasteiger partial charge in [0.25, 0.3) is 0 Å². The van der Waals surface area contributed by atoms with Crippen LogP contribution >= 0.6 is 23.5 Å². The standard InChI is InChI=1S/C7H14O4S2/c8-3-4(9)5(10)6(11)7-12-1-2-13-7/h4-11H,1-3H2/t4-,5-,6+/m1/s1. The first-order valence-electron chi connectivity index (χ1n) is 4.05. The van der Waals surface area contributed by atoms with Crippen molar-refractivity contribution >= 4 is 23.5 Å². The molecule has 0 amide bonds. The van der Waals surface area contributed by atoms with Crippen molar-refractivity contribution in [2.24, 2.45) is 0 Å². The van der Waals surface area contributed by atoms with Gasteiger partial charge in [-0.3, -0.25) is 0 Å². The van der Waals surface area contributed by atoms with Gasteiger partial charge in [-0.05, 0) is 0 Å². The summed E-state index contributed by atoms with van der Waals surface area (Å²) in [4.78, 5) is 0. The Balaban J connectivity index is 2.40. The van der Waals surface area contributed by atoms with Crippen molar-refractivity contribution in [3.8, 4) is 0 Å². The van der Waals surface area contributed by atoms with E-state index < -0.39 is 24.9 Å². The van der Waals surface area contributed by atoms with Gasteiger partial charge in [0.2, 0.25) is 0 Å². The maximum Gasteiger partial charge on any atom is 0.110 e. The van der Waals surface area contributed by atoms with Gasteiger partial charge in [-0.2, -0.15) is 0 Å². The normalized spacial score (nSPS) is 25.8. The summed E-state index contributed by atoms with van der Waals surface area (Å²) in [6, 6.07) is 0. The number of rotatable bonds is 4. The molecule has 4 N–H and O–H groups in total. The summed E-state index contributed by atoms with van der Waals surface area (Å²) in [6.07, 6.45) is -3.48. The molecule has 0 saturated carbocycles. The molecule has 1 rings (SSSR count). The molecule has 0 radical (unpaired) electrons. The van der Waals surface area contributed by atoms with Crippen molar-refractivity contribution in [2.45, 2.75) is 22.9 Å². The zero-order chi connectivity index (χ0) is 9.84. The van der Waals surface area contributed by atoms with Gasteiger partial charge >= 0.3 is 0 Å². The Morgan fingerprint density at radius 1 is 1.15 bits per heavy atom. The van der Waals surface area contributed by atoms with Gasteiger partial charge in [-0.15, -0.1) is 23.5 Å². The first kappa shape index (κ1) is 11.6. The van der Waals surface area contributed by atoms with Crippen molar-refractivity contribution in [1.82, 2.24) is 0 Å². The van der Waals surface area contributed by atoms with E-state index in [-0.39, 0.29) is 4.58 Å². The molecule has 0 aromatic carbocycles. The predicted octanol–water partition coefficient (Wildman–Crippen LogP) is -1.13. The number of aliphatic hydroxyl groups excluding tert-OH is 4.